The Balaban J connectivity index is 1.57. The number of nitrogens with two attached hydrogens (primary N) is 1. The Hall–Kier alpha value is -4.18. The summed E-state index contributed by atoms with van der Waals surface area (Å²) >= 11 is 12.4. The van der Waals surface area contributed by atoms with E-state index in [9.17, 15) is 9.59 Å². The molecule has 1 aromatic carbocycles. The van der Waals surface area contributed by atoms with Crippen molar-refractivity contribution in [2.75, 3.05) is 11.1 Å². The SMILES string of the molecule is C#Cc1cncc(N)c1-c1cc(Cl)c(C(=O)Nc2cnc(C(=O)NC3(C#N)CC3)c(Cl)c2)cc1F. The molecule has 174 valence electrons. The molecule has 1 fully saturated rings. The van der Waals surface area contributed by atoms with E-state index >= 15 is 4.39 Å². The second-order valence-corrected chi connectivity index (χ2v) is 8.58. The molecule has 11 heteroatoms. The molecule has 4 rings (SSSR count). The Morgan fingerprint density at radius 3 is 2.51 bits per heavy atom. The highest BCUT2D eigenvalue weighted by atomic mass is 35.5. The van der Waals surface area contributed by atoms with Gasteiger partial charge in [0, 0.05) is 17.3 Å². The van der Waals surface area contributed by atoms with Gasteiger partial charge >= 0.3 is 0 Å². The van der Waals surface area contributed by atoms with Gasteiger partial charge in [-0.2, -0.15) is 5.26 Å². The highest BCUT2D eigenvalue weighted by Gasteiger charge is 2.45. The molecule has 3 aromatic rings. The van der Waals surface area contributed by atoms with E-state index in [1.54, 1.807) is 0 Å². The summed E-state index contributed by atoms with van der Waals surface area (Å²) in [5.74, 6) is 0.277. The standard InChI is InChI=1S/C24H15Cl2FN6O2/c1-2-12-8-30-10-19(29)20(12)15-6-16(25)14(7-18(15)27)22(34)32-13-5-17(26)21(31-9-13)23(35)33-24(11-28)3-4-24/h1,5-10H,3-4,29H2,(H,32,34)(H,33,35). The molecule has 35 heavy (non-hydrogen) atoms. The van der Waals surface area contributed by atoms with Gasteiger partial charge in [-0.25, -0.2) is 9.37 Å². The Morgan fingerprint density at radius 2 is 1.89 bits per heavy atom. The van der Waals surface area contributed by atoms with Crippen LogP contribution in [-0.4, -0.2) is 27.3 Å². The highest BCUT2D eigenvalue weighted by Crippen LogP contribution is 2.36. The smallest absolute Gasteiger partial charge is 0.272 e. The van der Waals surface area contributed by atoms with Gasteiger partial charge in [0.1, 0.15) is 17.1 Å². The number of nitrogens with zero attached hydrogens (tertiary/aromatic N) is 3. The molecule has 0 unspecified atom stereocenters. The van der Waals surface area contributed by atoms with Gasteiger partial charge in [0.15, 0.2) is 0 Å². The molecule has 0 bridgehead atoms. The van der Waals surface area contributed by atoms with E-state index in [-0.39, 0.29) is 49.4 Å². The largest absolute Gasteiger partial charge is 0.397 e. The van der Waals surface area contributed by atoms with E-state index in [0.717, 1.165) is 6.07 Å². The summed E-state index contributed by atoms with van der Waals surface area (Å²) in [4.78, 5) is 33.0. The summed E-state index contributed by atoms with van der Waals surface area (Å²) in [6.45, 7) is 0. The van der Waals surface area contributed by atoms with Gasteiger partial charge < -0.3 is 16.4 Å². The van der Waals surface area contributed by atoms with Crippen LogP contribution in [0.1, 0.15) is 39.3 Å². The number of halogens is 3. The molecule has 1 aliphatic rings. The Morgan fingerprint density at radius 1 is 1.14 bits per heavy atom. The fourth-order valence-electron chi connectivity index (χ4n) is 3.34. The minimum absolute atomic E-state index is 0.0188. The summed E-state index contributed by atoms with van der Waals surface area (Å²) in [6, 6.07) is 5.56. The van der Waals surface area contributed by atoms with Gasteiger partial charge in [-0.05, 0) is 31.0 Å². The Bertz CT molecular complexity index is 1470. The lowest BCUT2D eigenvalue weighted by atomic mass is 9.98. The van der Waals surface area contributed by atoms with Gasteiger partial charge in [0.25, 0.3) is 11.8 Å². The third kappa shape index (κ3) is 4.73. The van der Waals surface area contributed by atoms with E-state index in [1.165, 1.54) is 30.7 Å². The average molecular weight is 509 g/mol. The lowest BCUT2D eigenvalue weighted by Crippen LogP contribution is -2.36. The minimum atomic E-state index is -0.885. The number of amides is 2. The second kappa shape index (κ2) is 9.22. The zero-order chi connectivity index (χ0) is 25.3. The fourth-order valence-corrected chi connectivity index (χ4v) is 3.84. The number of pyridine rings is 2. The number of rotatable bonds is 5. The molecule has 0 atom stereocenters. The van der Waals surface area contributed by atoms with Crippen LogP contribution < -0.4 is 16.4 Å². The minimum Gasteiger partial charge on any atom is -0.397 e. The van der Waals surface area contributed by atoms with E-state index in [2.05, 4.69) is 26.5 Å². The number of hydrogen-bond donors (Lipinski definition) is 3. The summed E-state index contributed by atoms with van der Waals surface area (Å²) in [5, 5.41) is 14.1. The fraction of sp³-hybridized carbons (Fsp3) is 0.125. The number of nitrogens with one attached hydrogen (secondary N) is 2. The molecule has 0 spiro atoms. The van der Waals surface area contributed by atoms with Crippen molar-refractivity contribution in [3.05, 3.63) is 69.5 Å². The van der Waals surface area contributed by atoms with Crippen molar-refractivity contribution in [3.8, 4) is 29.5 Å². The normalized spacial score (nSPS) is 13.3. The van der Waals surface area contributed by atoms with Gasteiger partial charge in [0.05, 0.1) is 51.0 Å². The maximum Gasteiger partial charge on any atom is 0.272 e. The number of nitrogen functional groups attached to an aromatic ring is 1. The number of aromatic nitrogens is 2. The first kappa shape index (κ1) is 24.0. The predicted molar refractivity (Wildman–Crippen MR) is 129 cm³/mol. The lowest BCUT2D eigenvalue weighted by Gasteiger charge is -2.13. The van der Waals surface area contributed by atoms with E-state index in [1.807, 2.05) is 6.07 Å². The first-order chi connectivity index (χ1) is 16.7. The number of terminal acetylenes is 1. The maximum atomic E-state index is 15.0. The van der Waals surface area contributed by atoms with Crippen LogP contribution in [0.2, 0.25) is 10.0 Å². The summed E-state index contributed by atoms with van der Waals surface area (Å²) in [5.41, 5.74) is 5.61. The number of anilines is 2. The van der Waals surface area contributed by atoms with Crippen molar-refractivity contribution in [2.45, 2.75) is 18.4 Å². The van der Waals surface area contributed by atoms with Crippen LogP contribution >= 0.6 is 23.2 Å². The number of hydrogen-bond acceptors (Lipinski definition) is 6. The van der Waals surface area contributed by atoms with Crippen molar-refractivity contribution >= 4 is 46.4 Å². The molecular weight excluding hydrogens is 494 g/mol. The van der Waals surface area contributed by atoms with Crippen LogP contribution in [-0.2, 0) is 0 Å². The third-order valence-corrected chi connectivity index (χ3v) is 5.93. The van der Waals surface area contributed by atoms with Crippen molar-refractivity contribution < 1.29 is 14.0 Å². The van der Waals surface area contributed by atoms with Crippen LogP contribution in [0.3, 0.4) is 0 Å². The molecule has 1 aliphatic carbocycles. The van der Waals surface area contributed by atoms with Crippen molar-refractivity contribution in [2.24, 2.45) is 0 Å². The monoisotopic (exact) mass is 508 g/mol. The topological polar surface area (TPSA) is 134 Å². The summed E-state index contributed by atoms with van der Waals surface area (Å²) in [7, 11) is 0. The number of benzene rings is 1. The zero-order valence-corrected chi connectivity index (χ0v) is 19.3. The molecular formula is C24H15Cl2FN6O2. The Labute approximate surface area is 209 Å². The van der Waals surface area contributed by atoms with Crippen molar-refractivity contribution in [3.63, 3.8) is 0 Å². The van der Waals surface area contributed by atoms with Crippen LogP contribution in [0.4, 0.5) is 15.8 Å². The van der Waals surface area contributed by atoms with Crippen molar-refractivity contribution in [1.82, 2.24) is 15.3 Å². The molecule has 2 aromatic heterocycles. The van der Waals surface area contributed by atoms with Crippen LogP contribution in [0.15, 0.2) is 36.8 Å². The number of carbonyl (C=O) groups is 2. The van der Waals surface area contributed by atoms with Crippen molar-refractivity contribution in [1.29, 1.82) is 5.26 Å². The number of carbonyl (C=O) groups excluding carboxylic acids is 2. The molecule has 0 saturated heterocycles. The molecule has 0 aliphatic heterocycles. The first-order valence-electron chi connectivity index (χ1n) is 10.1. The summed E-state index contributed by atoms with van der Waals surface area (Å²) < 4.78 is 15.0. The molecule has 0 radical (unpaired) electrons. The van der Waals surface area contributed by atoms with Gasteiger partial charge in [0.2, 0.25) is 0 Å². The van der Waals surface area contributed by atoms with Crippen LogP contribution in [0.25, 0.3) is 11.1 Å². The van der Waals surface area contributed by atoms with Gasteiger partial charge in [-0.1, -0.05) is 29.1 Å². The molecule has 4 N–H and O–H groups in total. The van der Waals surface area contributed by atoms with Gasteiger partial charge in [-0.3, -0.25) is 14.6 Å². The van der Waals surface area contributed by atoms with E-state index < -0.39 is 23.2 Å². The third-order valence-electron chi connectivity index (χ3n) is 5.33. The molecule has 1 saturated carbocycles. The number of nitriles is 1. The second-order valence-electron chi connectivity index (χ2n) is 7.76. The molecule has 2 heterocycles. The lowest BCUT2D eigenvalue weighted by molar-refractivity contribution is 0.0936. The zero-order valence-electron chi connectivity index (χ0n) is 17.8. The van der Waals surface area contributed by atoms with Crippen LogP contribution in [0, 0.1) is 29.5 Å². The molecule has 8 nitrogen and oxygen atoms in total. The molecule has 2 amide bonds. The van der Waals surface area contributed by atoms with E-state index in [4.69, 9.17) is 40.6 Å². The van der Waals surface area contributed by atoms with E-state index in [0.29, 0.717) is 12.8 Å². The van der Waals surface area contributed by atoms with Gasteiger partial charge in [-0.15, -0.1) is 6.42 Å². The average Bonchev–Trinajstić information content (AvgIpc) is 3.60. The van der Waals surface area contributed by atoms with Crippen LogP contribution in [0.5, 0.6) is 0 Å². The summed E-state index contributed by atoms with van der Waals surface area (Å²) in [6.07, 6.45) is 10.5. The quantitative estimate of drug-likeness (QED) is 0.442. The maximum absolute atomic E-state index is 15.0. The predicted octanol–water partition coefficient (Wildman–Crippen LogP) is 4.19. The highest BCUT2D eigenvalue weighted by molar-refractivity contribution is 6.35. The Kier molecular flexibility index (Phi) is 6.31. The first-order valence-corrected chi connectivity index (χ1v) is 10.8.